The van der Waals surface area contributed by atoms with Crippen molar-refractivity contribution in [1.82, 2.24) is 19.8 Å². The Balaban J connectivity index is 0.00000210. The average molecular weight is 393 g/mol. The number of hydrogen-bond donors (Lipinski definition) is 1. The number of halogens is 2. The standard InChI is InChI=1S/C21H29FN4.ClH/c1-3-25-11-10-24-20(25)15-26(14-17-4-5-18(22)16(2)12-17)19-13-21(19)6-8-23-9-7-21;/h4-5,10-12,19,23H,3,6-9,13-15H2,1-2H3;1H. The largest absolute Gasteiger partial charge is 0.334 e. The van der Waals surface area contributed by atoms with Gasteiger partial charge in [-0.1, -0.05) is 12.1 Å². The minimum atomic E-state index is -0.122. The molecule has 0 radical (unpaired) electrons. The van der Waals surface area contributed by atoms with Gasteiger partial charge in [0, 0.05) is 31.5 Å². The van der Waals surface area contributed by atoms with Crippen molar-refractivity contribution in [3.8, 4) is 0 Å². The van der Waals surface area contributed by atoms with Crippen molar-refractivity contribution in [3.05, 3.63) is 53.4 Å². The van der Waals surface area contributed by atoms with Gasteiger partial charge in [0.15, 0.2) is 0 Å². The van der Waals surface area contributed by atoms with Crippen LogP contribution >= 0.6 is 12.4 Å². The third-order valence-corrected chi connectivity index (χ3v) is 6.28. The summed E-state index contributed by atoms with van der Waals surface area (Å²) in [5.41, 5.74) is 2.39. The molecule has 1 unspecified atom stereocenters. The monoisotopic (exact) mass is 392 g/mol. The molecule has 2 aromatic rings. The summed E-state index contributed by atoms with van der Waals surface area (Å²) >= 11 is 0. The fraction of sp³-hybridized carbons (Fsp3) is 0.571. The Labute approximate surface area is 167 Å². The molecule has 1 aliphatic heterocycles. The zero-order valence-corrected chi connectivity index (χ0v) is 17.1. The predicted octanol–water partition coefficient (Wildman–Crippen LogP) is 3.92. The molecule has 2 fully saturated rings. The summed E-state index contributed by atoms with van der Waals surface area (Å²) in [5, 5.41) is 3.49. The van der Waals surface area contributed by atoms with E-state index in [1.165, 1.54) is 24.8 Å². The normalized spacial score (nSPS) is 20.7. The third kappa shape index (κ3) is 4.20. The summed E-state index contributed by atoms with van der Waals surface area (Å²) in [7, 11) is 0. The molecular weight excluding hydrogens is 363 g/mol. The highest BCUT2D eigenvalue weighted by Gasteiger charge is 2.56. The molecule has 2 aliphatic rings. The number of benzene rings is 1. The van der Waals surface area contributed by atoms with Crippen molar-refractivity contribution >= 4 is 12.4 Å². The van der Waals surface area contributed by atoms with Crippen molar-refractivity contribution in [3.63, 3.8) is 0 Å². The number of piperidine rings is 1. The van der Waals surface area contributed by atoms with Crippen molar-refractivity contribution in [2.24, 2.45) is 5.41 Å². The molecule has 1 N–H and O–H groups in total. The first kappa shape index (κ1) is 20.3. The summed E-state index contributed by atoms with van der Waals surface area (Å²) in [6.07, 6.45) is 7.76. The molecule has 1 spiro atoms. The zero-order chi connectivity index (χ0) is 18.1. The molecule has 4 nitrogen and oxygen atoms in total. The van der Waals surface area contributed by atoms with E-state index in [1.54, 1.807) is 6.07 Å². The molecule has 27 heavy (non-hydrogen) atoms. The van der Waals surface area contributed by atoms with Crippen molar-refractivity contribution in [2.45, 2.75) is 58.8 Å². The molecule has 1 atom stereocenters. The zero-order valence-electron chi connectivity index (χ0n) is 16.2. The summed E-state index contributed by atoms with van der Waals surface area (Å²) in [5.74, 6) is 1.00. The minimum absolute atomic E-state index is 0. The van der Waals surface area contributed by atoms with Gasteiger partial charge in [-0.3, -0.25) is 4.90 Å². The second-order valence-corrected chi connectivity index (χ2v) is 7.95. The Morgan fingerprint density at radius 3 is 2.78 bits per heavy atom. The topological polar surface area (TPSA) is 33.1 Å². The highest BCUT2D eigenvalue weighted by Crippen LogP contribution is 2.56. The summed E-state index contributed by atoms with van der Waals surface area (Å²) < 4.78 is 15.9. The first-order valence-corrected chi connectivity index (χ1v) is 9.81. The van der Waals surface area contributed by atoms with E-state index in [0.29, 0.717) is 11.5 Å². The van der Waals surface area contributed by atoms with Crippen LogP contribution in [0.4, 0.5) is 4.39 Å². The number of aromatic nitrogens is 2. The molecule has 6 heteroatoms. The number of aryl methyl sites for hydroxylation is 2. The predicted molar refractivity (Wildman–Crippen MR) is 108 cm³/mol. The molecular formula is C21H30ClFN4. The maximum absolute atomic E-state index is 13.7. The second-order valence-electron chi connectivity index (χ2n) is 7.95. The Kier molecular flexibility index (Phi) is 6.24. The molecule has 4 rings (SSSR count). The van der Waals surface area contributed by atoms with Gasteiger partial charge in [-0.2, -0.15) is 0 Å². The van der Waals surface area contributed by atoms with Crippen LogP contribution in [0.25, 0.3) is 0 Å². The summed E-state index contributed by atoms with van der Waals surface area (Å²) in [4.78, 5) is 7.17. The smallest absolute Gasteiger partial charge is 0.126 e. The molecule has 0 bridgehead atoms. The lowest BCUT2D eigenvalue weighted by Gasteiger charge is -2.29. The van der Waals surface area contributed by atoms with E-state index in [2.05, 4.69) is 32.9 Å². The fourth-order valence-electron chi connectivity index (χ4n) is 4.58. The van der Waals surface area contributed by atoms with Crippen LogP contribution in [0.5, 0.6) is 0 Å². The highest BCUT2D eigenvalue weighted by molar-refractivity contribution is 5.85. The Morgan fingerprint density at radius 1 is 1.30 bits per heavy atom. The van der Waals surface area contributed by atoms with Crippen LogP contribution in [0, 0.1) is 18.2 Å². The Hall–Kier alpha value is -1.43. The first-order chi connectivity index (χ1) is 12.6. The Morgan fingerprint density at radius 2 is 2.07 bits per heavy atom. The quantitative estimate of drug-likeness (QED) is 0.808. The number of nitrogens with zero attached hydrogens (tertiary/aromatic N) is 3. The van der Waals surface area contributed by atoms with Gasteiger partial charge in [0.05, 0.1) is 6.54 Å². The maximum Gasteiger partial charge on any atom is 0.126 e. The van der Waals surface area contributed by atoms with Crippen molar-refractivity contribution in [2.75, 3.05) is 13.1 Å². The van der Waals surface area contributed by atoms with E-state index in [-0.39, 0.29) is 18.2 Å². The number of rotatable bonds is 6. The molecule has 1 aromatic carbocycles. The third-order valence-electron chi connectivity index (χ3n) is 6.28. The molecule has 1 saturated carbocycles. The van der Waals surface area contributed by atoms with E-state index in [1.807, 2.05) is 25.3 Å². The van der Waals surface area contributed by atoms with Crippen LogP contribution in [0.15, 0.2) is 30.6 Å². The van der Waals surface area contributed by atoms with Gasteiger partial charge >= 0.3 is 0 Å². The average Bonchev–Trinajstić information content (AvgIpc) is 3.13. The van der Waals surface area contributed by atoms with Gasteiger partial charge in [0.25, 0.3) is 0 Å². The maximum atomic E-state index is 13.7. The van der Waals surface area contributed by atoms with E-state index < -0.39 is 0 Å². The highest BCUT2D eigenvalue weighted by atomic mass is 35.5. The van der Waals surface area contributed by atoms with Crippen molar-refractivity contribution in [1.29, 1.82) is 0 Å². The van der Waals surface area contributed by atoms with Crippen LogP contribution in [0.2, 0.25) is 0 Å². The van der Waals surface area contributed by atoms with Crippen LogP contribution < -0.4 is 5.32 Å². The SMILES string of the molecule is CCn1ccnc1CN(Cc1ccc(F)c(C)c1)C1CC12CCNCC2.Cl. The van der Waals surface area contributed by atoms with Crippen LogP contribution in [0.3, 0.4) is 0 Å². The van der Waals surface area contributed by atoms with Crippen LogP contribution in [0.1, 0.15) is 43.1 Å². The van der Waals surface area contributed by atoms with Crippen LogP contribution in [-0.2, 0) is 19.6 Å². The van der Waals surface area contributed by atoms with E-state index in [4.69, 9.17) is 0 Å². The van der Waals surface area contributed by atoms with Gasteiger partial charge in [-0.15, -0.1) is 12.4 Å². The van der Waals surface area contributed by atoms with E-state index in [9.17, 15) is 4.39 Å². The van der Waals surface area contributed by atoms with Crippen molar-refractivity contribution < 1.29 is 4.39 Å². The van der Waals surface area contributed by atoms with E-state index >= 15 is 0 Å². The van der Waals surface area contributed by atoms with Gasteiger partial charge in [0.1, 0.15) is 11.6 Å². The lowest BCUT2D eigenvalue weighted by Crippen LogP contribution is -2.36. The summed E-state index contributed by atoms with van der Waals surface area (Å²) in [6.45, 7) is 8.92. The molecule has 1 aliphatic carbocycles. The molecule has 148 valence electrons. The van der Waals surface area contributed by atoms with Gasteiger partial charge in [-0.05, 0) is 68.8 Å². The number of nitrogens with one attached hydrogen (secondary N) is 1. The number of hydrogen-bond acceptors (Lipinski definition) is 3. The lowest BCUT2D eigenvalue weighted by molar-refractivity contribution is 0.182. The Bertz CT molecular complexity index is 769. The molecule has 1 aromatic heterocycles. The number of imidazole rings is 1. The second kappa shape index (κ2) is 8.29. The molecule has 0 amide bonds. The van der Waals surface area contributed by atoms with E-state index in [0.717, 1.165) is 44.1 Å². The molecule has 2 heterocycles. The summed E-state index contributed by atoms with van der Waals surface area (Å²) in [6, 6.07) is 6.13. The van der Waals surface area contributed by atoms with Gasteiger partial charge < -0.3 is 9.88 Å². The first-order valence-electron chi connectivity index (χ1n) is 9.81. The van der Waals surface area contributed by atoms with Gasteiger partial charge in [0.2, 0.25) is 0 Å². The van der Waals surface area contributed by atoms with Gasteiger partial charge in [-0.25, -0.2) is 9.37 Å². The molecule has 1 saturated heterocycles. The minimum Gasteiger partial charge on any atom is -0.334 e. The van der Waals surface area contributed by atoms with Crippen LogP contribution in [-0.4, -0.2) is 33.6 Å². The fourth-order valence-corrected chi connectivity index (χ4v) is 4.58. The lowest BCUT2D eigenvalue weighted by atomic mass is 9.93.